The van der Waals surface area contributed by atoms with E-state index in [0.29, 0.717) is 13.1 Å². The third-order valence-electron chi connectivity index (χ3n) is 5.09. The first-order chi connectivity index (χ1) is 13.1. The van der Waals surface area contributed by atoms with Crippen molar-refractivity contribution in [2.24, 2.45) is 0 Å². The predicted octanol–water partition coefficient (Wildman–Crippen LogP) is -2.94. The first kappa shape index (κ1) is 34.5. The zero-order chi connectivity index (χ0) is 20.2. The van der Waals surface area contributed by atoms with E-state index in [1.54, 1.807) is 0 Å². The molecule has 160 valence electrons. The van der Waals surface area contributed by atoms with Crippen LogP contribution in [0.1, 0.15) is 110 Å². The summed E-state index contributed by atoms with van der Waals surface area (Å²) in [5.74, 6) is -2.18. The maximum atomic E-state index is 10.6. The van der Waals surface area contributed by atoms with Gasteiger partial charge in [0.2, 0.25) is 0 Å². The number of aliphatic carboxylic acids is 2. The quantitative estimate of drug-likeness (QED) is 0.144. The van der Waals surface area contributed by atoms with Gasteiger partial charge in [0.25, 0.3) is 0 Å². The van der Waals surface area contributed by atoms with Gasteiger partial charge in [-0.3, -0.25) is 0 Å². The number of rotatable bonds is 21. The summed E-state index contributed by atoms with van der Waals surface area (Å²) >= 11 is 0. The first-order valence-electron chi connectivity index (χ1n) is 11.2. The topological polar surface area (TPSA) is 83.5 Å². The Morgan fingerprint density at radius 1 is 0.552 bits per heavy atom. The molecule has 0 saturated carbocycles. The molecule has 0 heterocycles. The van der Waals surface area contributed by atoms with Crippen molar-refractivity contribution in [3.05, 3.63) is 0 Å². The van der Waals surface area contributed by atoms with E-state index >= 15 is 0 Å². The fraction of sp³-hybridized carbons (Fsp3) is 0.909. The Balaban J connectivity index is -0.00000338. The first-order valence-corrected chi connectivity index (χ1v) is 11.2. The number of carboxylic acids is 2. The molecule has 0 aromatic heterocycles. The Labute approximate surface area is 223 Å². The van der Waals surface area contributed by atoms with E-state index in [1.165, 1.54) is 77.0 Å². The number of carboxylic acid groups (broad SMARTS) is 2. The van der Waals surface area contributed by atoms with Gasteiger partial charge >= 0.3 is 59.1 Å². The van der Waals surface area contributed by atoms with E-state index in [-0.39, 0.29) is 72.0 Å². The summed E-state index contributed by atoms with van der Waals surface area (Å²) in [6.07, 6.45) is 18.1. The average Bonchev–Trinajstić information content (AvgIpc) is 2.63. The molecule has 0 spiro atoms. The van der Waals surface area contributed by atoms with Crippen LogP contribution in [0.2, 0.25) is 0 Å². The normalized spacial score (nSPS) is 10.4. The number of hydrogen-bond donors (Lipinski definition) is 0. The van der Waals surface area contributed by atoms with E-state index in [2.05, 4.69) is 6.92 Å². The molecule has 0 aliphatic heterocycles. The molecule has 0 bridgehead atoms. The number of carbonyl (C=O) groups is 2. The van der Waals surface area contributed by atoms with Gasteiger partial charge in [0.15, 0.2) is 0 Å². The molecule has 0 aromatic carbocycles. The largest absolute Gasteiger partial charge is 1.00 e. The zero-order valence-electron chi connectivity index (χ0n) is 19.5. The molecule has 0 aliphatic rings. The van der Waals surface area contributed by atoms with Gasteiger partial charge in [-0.2, -0.15) is 0 Å². The maximum absolute atomic E-state index is 10.6. The smallest absolute Gasteiger partial charge is 0.550 e. The average molecular weight is 430 g/mol. The summed E-state index contributed by atoms with van der Waals surface area (Å²) in [5, 5.41) is 21.2. The van der Waals surface area contributed by atoms with Gasteiger partial charge < -0.3 is 24.7 Å². The van der Waals surface area contributed by atoms with Gasteiger partial charge in [0.05, 0.1) is 0 Å². The van der Waals surface area contributed by atoms with Gasteiger partial charge in [0.1, 0.15) is 0 Å². The number of unbranched alkanes of at least 4 members (excludes halogenated alkanes) is 13. The zero-order valence-corrected chi connectivity index (χ0v) is 23.5. The standard InChI is InChI=1S/C22H43NO4.2Na/c1-2-3-4-5-6-7-8-9-10-11-12-13-14-15-18-23(19-16-21(24)25)20-17-22(26)27;;/h2-20H2,1H3,(H,24,25)(H,26,27);;/q;2*+1/p-2. The van der Waals surface area contributed by atoms with Gasteiger partial charge in [-0.1, -0.05) is 90.4 Å². The Hall–Kier alpha value is 0.900. The Bertz CT molecular complexity index is 353. The molecule has 0 radical (unpaired) electrons. The van der Waals surface area contributed by atoms with Crippen LogP contribution in [-0.2, 0) is 9.59 Å². The fourth-order valence-electron chi connectivity index (χ4n) is 3.36. The summed E-state index contributed by atoms with van der Waals surface area (Å²) in [6, 6.07) is 0. The van der Waals surface area contributed by atoms with Crippen LogP contribution in [0.15, 0.2) is 0 Å². The van der Waals surface area contributed by atoms with Gasteiger partial charge in [0, 0.05) is 25.0 Å². The van der Waals surface area contributed by atoms with E-state index in [4.69, 9.17) is 0 Å². The molecular formula is C22H41NNa2O4. The van der Waals surface area contributed by atoms with E-state index in [0.717, 1.165) is 19.4 Å². The minimum Gasteiger partial charge on any atom is -0.550 e. The van der Waals surface area contributed by atoms with Crippen molar-refractivity contribution in [1.29, 1.82) is 0 Å². The van der Waals surface area contributed by atoms with E-state index in [9.17, 15) is 19.8 Å². The summed E-state index contributed by atoms with van der Waals surface area (Å²) in [7, 11) is 0. The summed E-state index contributed by atoms with van der Waals surface area (Å²) in [6.45, 7) is 3.71. The van der Waals surface area contributed by atoms with Crippen molar-refractivity contribution in [3.8, 4) is 0 Å². The maximum Gasteiger partial charge on any atom is 1.00 e. The SMILES string of the molecule is CCCCCCCCCCCCCCCCN(CCC(=O)[O-])CCC(=O)[O-].[Na+].[Na+]. The molecule has 7 heteroatoms. The van der Waals surface area contributed by atoms with Crippen molar-refractivity contribution >= 4 is 11.9 Å². The van der Waals surface area contributed by atoms with Crippen LogP contribution in [0.4, 0.5) is 0 Å². The van der Waals surface area contributed by atoms with E-state index in [1.807, 2.05) is 4.90 Å². The third kappa shape index (κ3) is 28.9. The van der Waals surface area contributed by atoms with Crippen molar-refractivity contribution in [2.45, 2.75) is 110 Å². The number of nitrogens with zero attached hydrogens (tertiary/aromatic N) is 1. The molecule has 0 N–H and O–H groups in total. The monoisotopic (exact) mass is 429 g/mol. The Morgan fingerprint density at radius 3 is 1.17 bits per heavy atom. The number of hydrogen-bond acceptors (Lipinski definition) is 5. The van der Waals surface area contributed by atoms with Crippen molar-refractivity contribution in [2.75, 3.05) is 19.6 Å². The molecule has 0 atom stereocenters. The van der Waals surface area contributed by atoms with E-state index < -0.39 is 11.9 Å². The third-order valence-corrected chi connectivity index (χ3v) is 5.09. The van der Waals surface area contributed by atoms with Crippen LogP contribution in [-0.4, -0.2) is 36.5 Å². The van der Waals surface area contributed by atoms with Gasteiger partial charge in [-0.25, -0.2) is 0 Å². The van der Waals surface area contributed by atoms with Crippen molar-refractivity contribution < 1.29 is 78.9 Å². The Kier molecular flexibility index (Phi) is 32.1. The predicted molar refractivity (Wildman–Crippen MR) is 106 cm³/mol. The molecule has 0 unspecified atom stereocenters. The van der Waals surface area contributed by atoms with Crippen LogP contribution in [0.3, 0.4) is 0 Å². The van der Waals surface area contributed by atoms with Crippen LogP contribution in [0, 0.1) is 0 Å². The minimum atomic E-state index is -1.09. The van der Waals surface area contributed by atoms with Crippen LogP contribution >= 0.6 is 0 Å². The van der Waals surface area contributed by atoms with Crippen LogP contribution in [0.5, 0.6) is 0 Å². The molecular weight excluding hydrogens is 388 g/mol. The molecule has 29 heavy (non-hydrogen) atoms. The molecule has 0 aromatic rings. The van der Waals surface area contributed by atoms with Gasteiger partial charge in [-0.05, 0) is 25.8 Å². The molecule has 0 rings (SSSR count). The second kappa shape index (κ2) is 26.9. The summed E-state index contributed by atoms with van der Waals surface area (Å²) in [4.78, 5) is 23.0. The minimum absolute atomic E-state index is 0. The molecule has 0 fully saturated rings. The second-order valence-electron chi connectivity index (χ2n) is 7.68. The molecule has 0 amide bonds. The molecule has 5 nitrogen and oxygen atoms in total. The molecule has 0 saturated heterocycles. The molecule has 0 aliphatic carbocycles. The van der Waals surface area contributed by atoms with Crippen molar-refractivity contribution in [3.63, 3.8) is 0 Å². The van der Waals surface area contributed by atoms with Crippen LogP contribution in [0.25, 0.3) is 0 Å². The number of carbonyl (C=O) groups excluding carboxylic acids is 2. The second-order valence-corrected chi connectivity index (χ2v) is 7.68. The Morgan fingerprint density at radius 2 is 0.862 bits per heavy atom. The van der Waals surface area contributed by atoms with Gasteiger partial charge in [-0.15, -0.1) is 0 Å². The summed E-state index contributed by atoms with van der Waals surface area (Å²) < 4.78 is 0. The van der Waals surface area contributed by atoms with Crippen LogP contribution < -0.4 is 69.3 Å². The summed E-state index contributed by atoms with van der Waals surface area (Å²) in [5.41, 5.74) is 0. The van der Waals surface area contributed by atoms with Crippen molar-refractivity contribution in [1.82, 2.24) is 4.90 Å². The fourth-order valence-corrected chi connectivity index (χ4v) is 3.36.